The van der Waals surface area contributed by atoms with E-state index in [2.05, 4.69) is 41.6 Å². The van der Waals surface area contributed by atoms with Gasteiger partial charge >= 0.3 is 0 Å². The predicted molar refractivity (Wildman–Crippen MR) is 118 cm³/mol. The summed E-state index contributed by atoms with van der Waals surface area (Å²) in [5.41, 5.74) is 3.33. The number of anilines is 1. The number of carbonyl (C=O) groups is 2. The summed E-state index contributed by atoms with van der Waals surface area (Å²) in [5, 5.41) is 14.5. The van der Waals surface area contributed by atoms with Crippen molar-refractivity contribution in [2.24, 2.45) is 27.0 Å². The Bertz CT molecular complexity index is 906. The number of hydrogen-bond donors (Lipinski definition) is 2. The molecule has 1 heterocycles. The fraction of sp³-hybridized carbons (Fsp3) is 0.545. The van der Waals surface area contributed by atoms with Crippen molar-refractivity contribution in [2.45, 2.75) is 58.6 Å². The minimum atomic E-state index is -0.480. The van der Waals surface area contributed by atoms with E-state index in [1.54, 1.807) is 0 Å². The number of rotatable bonds is 4. The average Bonchev–Trinajstić information content (AvgIpc) is 3.18. The van der Waals surface area contributed by atoms with Gasteiger partial charge in [-0.2, -0.15) is 5.10 Å². The van der Waals surface area contributed by atoms with Gasteiger partial charge in [-0.3, -0.25) is 9.59 Å². The van der Waals surface area contributed by atoms with Gasteiger partial charge in [-0.25, -0.2) is 0 Å². The predicted octanol–water partition coefficient (Wildman–Crippen LogP) is 4.11. The molecular weight excluding hydrogens is 384 g/mol. The molecule has 6 nitrogen and oxygen atoms in total. The van der Waals surface area contributed by atoms with Gasteiger partial charge in [0, 0.05) is 23.2 Å². The lowest BCUT2D eigenvalue weighted by atomic mass is 9.70. The van der Waals surface area contributed by atoms with Gasteiger partial charge < -0.3 is 10.6 Å². The second-order valence-electron chi connectivity index (χ2n) is 9.16. The number of thioether (sulfide) groups is 1. The molecule has 154 valence electrons. The first-order valence-corrected chi connectivity index (χ1v) is 11.1. The Morgan fingerprint density at radius 2 is 1.97 bits per heavy atom. The minimum Gasteiger partial charge on any atom is -0.326 e. The molecular formula is C22H28N4O2S. The first kappa shape index (κ1) is 20.1. The van der Waals surface area contributed by atoms with E-state index in [-0.39, 0.29) is 29.1 Å². The molecule has 0 radical (unpaired) electrons. The fourth-order valence-corrected chi connectivity index (χ4v) is 5.71. The lowest BCUT2D eigenvalue weighted by Gasteiger charge is -2.34. The summed E-state index contributed by atoms with van der Waals surface area (Å²) in [6.07, 6.45) is 3.49. The molecule has 4 rings (SSSR count). The van der Waals surface area contributed by atoms with Gasteiger partial charge in [0.15, 0.2) is 5.17 Å². The molecule has 7 heteroatoms. The number of hydrogen-bond acceptors (Lipinski definition) is 5. The van der Waals surface area contributed by atoms with Crippen LogP contribution in [-0.2, 0) is 9.59 Å². The van der Waals surface area contributed by atoms with E-state index in [0.29, 0.717) is 11.1 Å². The van der Waals surface area contributed by atoms with E-state index in [1.165, 1.54) is 18.2 Å². The van der Waals surface area contributed by atoms with Crippen molar-refractivity contribution < 1.29 is 9.59 Å². The number of amides is 2. The summed E-state index contributed by atoms with van der Waals surface area (Å²) in [6, 6.07) is 7.59. The van der Waals surface area contributed by atoms with Crippen LogP contribution in [0, 0.1) is 23.7 Å². The molecule has 2 aliphatic carbocycles. The molecule has 3 atom stereocenters. The highest BCUT2D eigenvalue weighted by Crippen LogP contribution is 2.64. The van der Waals surface area contributed by atoms with Crippen molar-refractivity contribution in [3.63, 3.8) is 0 Å². The average molecular weight is 413 g/mol. The summed E-state index contributed by atoms with van der Waals surface area (Å²) < 4.78 is 0. The number of benzene rings is 1. The maximum Gasteiger partial charge on any atom is 0.240 e. The van der Waals surface area contributed by atoms with E-state index in [1.807, 2.05) is 31.2 Å². The number of amidine groups is 1. The maximum atomic E-state index is 12.3. The lowest BCUT2D eigenvalue weighted by Crippen LogP contribution is -2.32. The number of nitrogens with one attached hydrogen (secondary N) is 2. The van der Waals surface area contributed by atoms with E-state index in [9.17, 15) is 9.59 Å². The van der Waals surface area contributed by atoms with Gasteiger partial charge in [0.25, 0.3) is 0 Å². The van der Waals surface area contributed by atoms with E-state index in [0.717, 1.165) is 29.8 Å². The van der Waals surface area contributed by atoms with Crippen LogP contribution in [-0.4, -0.2) is 27.9 Å². The zero-order valence-electron chi connectivity index (χ0n) is 17.4. The summed E-state index contributed by atoms with van der Waals surface area (Å²) in [7, 11) is 0. The van der Waals surface area contributed by atoms with Gasteiger partial charge in [-0.1, -0.05) is 50.2 Å². The van der Waals surface area contributed by atoms with Crippen molar-refractivity contribution in [1.29, 1.82) is 0 Å². The highest BCUT2D eigenvalue weighted by Gasteiger charge is 2.60. The molecule has 2 N–H and O–H groups in total. The minimum absolute atomic E-state index is 0.0856. The molecule has 2 bridgehead atoms. The van der Waals surface area contributed by atoms with Crippen LogP contribution in [0.2, 0.25) is 0 Å². The van der Waals surface area contributed by atoms with Crippen LogP contribution >= 0.6 is 11.8 Å². The van der Waals surface area contributed by atoms with Gasteiger partial charge in [0.1, 0.15) is 5.25 Å². The number of nitrogens with zero attached hydrogens (tertiary/aromatic N) is 2. The van der Waals surface area contributed by atoms with Crippen molar-refractivity contribution in [3.8, 4) is 0 Å². The highest BCUT2D eigenvalue weighted by molar-refractivity contribution is 8.15. The van der Waals surface area contributed by atoms with Crippen molar-refractivity contribution in [3.05, 3.63) is 29.8 Å². The molecule has 1 aliphatic heterocycles. The molecule has 3 fully saturated rings. The highest BCUT2D eigenvalue weighted by atomic mass is 32.2. The van der Waals surface area contributed by atoms with E-state index >= 15 is 0 Å². The monoisotopic (exact) mass is 412 g/mol. The molecule has 2 saturated carbocycles. The Morgan fingerprint density at radius 1 is 1.24 bits per heavy atom. The van der Waals surface area contributed by atoms with Crippen LogP contribution < -0.4 is 10.6 Å². The molecule has 1 aromatic rings. The Kier molecular flexibility index (Phi) is 5.05. The Morgan fingerprint density at radius 3 is 2.59 bits per heavy atom. The smallest absolute Gasteiger partial charge is 0.240 e. The summed E-state index contributed by atoms with van der Waals surface area (Å²) in [6.45, 7) is 8.94. The van der Waals surface area contributed by atoms with Crippen LogP contribution in [0.3, 0.4) is 0 Å². The number of carbonyl (C=O) groups excluding carboxylic acids is 2. The standard InChI is InChI=1S/C22H28N4O2S/c1-13-5-7-15(8-6-13)23-18(27)12-16-19(28)24-20(29-16)26-25-17-11-14-9-10-22(17,4)21(14,2)3/h5-8,14,16H,9-12H2,1-4H3,(H,23,27)(H,24,26,28)/b25-17-/t14-,16+,22-/m1/s1. The quantitative estimate of drug-likeness (QED) is 0.730. The molecule has 0 unspecified atom stereocenters. The van der Waals surface area contributed by atoms with Crippen molar-refractivity contribution in [2.75, 3.05) is 5.32 Å². The van der Waals surface area contributed by atoms with Crippen molar-refractivity contribution in [1.82, 2.24) is 5.32 Å². The zero-order valence-corrected chi connectivity index (χ0v) is 18.2. The maximum absolute atomic E-state index is 12.3. The first-order chi connectivity index (χ1) is 13.7. The summed E-state index contributed by atoms with van der Waals surface area (Å²) >= 11 is 1.28. The fourth-order valence-electron chi connectivity index (χ4n) is 4.79. The first-order valence-electron chi connectivity index (χ1n) is 10.2. The molecule has 29 heavy (non-hydrogen) atoms. The SMILES string of the molecule is Cc1ccc(NC(=O)C[C@@H]2S/C(=N\N=C3\C[C@H]4CC[C@@]3(C)C4(C)C)NC2=O)cc1. The third-order valence-electron chi connectivity index (χ3n) is 7.26. The second kappa shape index (κ2) is 7.27. The van der Waals surface area contributed by atoms with Crippen LogP contribution in [0.15, 0.2) is 34.5 Å². The Labute approximate surface area is 176 Å². The van der Waals surface area contributed by atoms with E-state index in [4.69, 9.17) is 0 Å². The molecule has 1 aromatic carbocycles. The Hall–Kier alpha value is -2.15. The van der Waals surface area contributed by atoms with Gasteiger partial charge in [-0.15, -0.1) is 5.10 Å². The topological polar surface area (TPSA) is 82.9 Å². The van der Waals surface area contributed by atoms with Crippen LogP contribution in [0.25, 0.3) is 0 Å². The third-order valence-corrected chi connectivity index (χ3v) is 8.33. The van der Waals surface area contributed by atoms with Crippen LogP contribution in [0.5, 0.6) is 0 Å². The molecule has 0 aromatic heterocycles. The summed E-state index contributed by atoms with van der Waals surface area (Å²) in [5.74, 6) is 0.291. The zero-order chi connectivity index (χ0) is 20.8. The lowest BCUT2D eigenvalue weighted by molar-refractivity contribution is -0.122. The third kappa shape index (κ3) is 3.61. The second-order valence-corrected chi connectivity index (χ2v) is 10.4. The normalized spacial score (nSPS) is 32.8. The number of fused-ring (bicyclic) bond motifs is 2. The van der Waals surface area contributed by atoms with Crippen molar-refractivity contribution >= 4 is 40.1 Å². The molecule has 1 saturated heterocycles. The van der Waals surface area contributed by atoms with Crippen LogP contribution in [0.4, 0.5) is 5.69 Å². The molecule has 2 amide bonds. The van der Waals surface area contributed by atoms with Gasteiger partial charge in [0.05, 0.1) is 0 Å². The molecule has 0 spiro atoms. The van der Waals surface area contributed by atoms with Gasteiger partial charge in [0.2, 0.25) is 11.8 Å². The molecule has 3 aliphatic rings. The number of aryl methyl sites for hydroxylation is 1. The Balaban J connectivity index is 1.38. The summed E-state index contributed by atoms with van der Waals surface area (Å²) in [4.78, 5) is 24.6. The van der Waals surface area contributed by atoms with Crippen LogP contribution in [0.1, 0.15) is 52.0 Å². The van der Waals surface area contributed by atoms with Gasteiger partial charge in [-0.05, 0) is 49.7 Å². The van der Waals surface area contributed by atoms with E-state index < -0.39 is 5.25 Å². The largest absolute Gasteiger partial charge is 0.326 e.